The third-order valence-electron chi connectivity index (χ3n) is 4.54. The molecule has 0 radical (unpaired) electrons. The molecule has 148 valence electrons. The van der Waals surface area contributed by atoms with Crippen molar-refractivity contribution in [2.24, 2.45) is 7.05 Å². The molecule has 0 aliphatic heterocycles. The van der Waals surface area contributed by atoms with Gasteiger partial charge in [0.15, 0.2) is 11.5 Å². The van der Waals surface area contributed by atoms with Crippen LogP contribution >= 0.6 is 0 Å². The molecular weight excluding hydrogens is 382 g/mol. The van der Waals surface area contributed by atoms with Crippen LogP contribution in [0.4, 0.5) is 5.69 Å². The van der Waals surface area contributed by atoms with Crippen LogP contribution in [0.2, 0.25) is 0 Å². The van der Waals surface area contributed by atoms with E-state index in [4.69, 9.17) is 9.47 Å². The van der Waals surface area contributed by atoms with Crippen molar-refractivity contribution in [3.05, 3.63) is 58.0 Å². The van der Waals surface area contributed by atoms with E-state index in [0.717, 1.165) is 5.56 Å². The van der Waals surface area contributed by atoms with E-state index >= 15 is 0 Å². The first kappa shape index (κ1) is 19.8. The molecule has 0 saturated carbocycles. The Kier molecular flexibility index (Phi) is 5.66. The van der Waals surface area contributed by atoms with Crippen LogP contribution in [0.15, 0.2) is 41.2 Å². The van der Waals surface area contributed by atoms with Crippen LogP contribution in [-0.4, -0.2) is 39.8 Å². The minimum absolute atomic E-state index is 0.220. The molecule has 0 aliphatic rings. The quantitative estimate of drug-likeness (QED) is 0.634. The lowest BCUT2D eigenvalue weighted by Gasteiger charge is -2.15. The van der Waals surface area contributed by atoms with Gasteiger partial charge in [-0.15, -0.1) is 0 Å². The number of ether oxygens (including phenoxy) is 2. The zero-order chi connectivity index (χ0) is 20.4. The van der Waals surface area contributed by atoms with Gasteiger partial charge in [0.2, 0.25) is 0 Å². The monoisotopic (exact) mass is 403 g/mol. The number of anilines is 1. The Labute approximate surface area is 164 Å². The molecule has 0 fully saturated rings. The third-order valence-corrected chi connectivity index (χ3v) is 5.21. The average Bonchev–Trinajstić information content (AvgIpc) is 2.70. The highest BCUT2D eigenvalue weighted by Crippen LogP contribution is 2.32. The molecule has 1 aromatic heterocycles. The molecule has 1 N–H and O–H groups in total. The third kappa shape index (κ3) is 3.71. The fourth-order valence-corrected chi connectivity index (χ4v) is 3.29. The summed E-state index contributed by atoms with van der Waals surface area (Å²) in [6.07, 6.45) is 0.478. The second-order valence-corrected chi connectivity index (χ2v) is 7.21. The van der Waals surface area contributed by atoms with Crippen molar-refractivity contribution < 1.29 is 18.2 Å². The van der Waals surface area contributed by atoms with Crippen molar-refractivity contribution in [1.29, 1.82) is 0 Å². The fourth-order valence-electron chi connectivity index (χ4n) is 2.99. The second-order valence-electron chi connectivity index (χ2n) is 6.20. The Morgan fingerprint density at radius 3 is 2.21 bits per heavy atom. The normalized spacial score (nSPS) is 12.0. The highest BCUT2D eigenvalue weighted by atomic mass is 32.2. The molecule has 3 rings (SSSR count). The number of nitrogens with zero attached hydrogens (tertiary/aromatic N) is 3. The Balaban J connectivity index is 2.06. The van der Waals surface area contributed by atoms with E-state index in [-0.39, 0.29) is 5.56 Å². The van der Waals surface area contributed by atoms with Crippen LogP contribution < -0.4 is 19.3 Å². The number of hydrogen-bond donors (Lipinski definition) is 1. The maximum atomic E-state index is 12.5. The lowest BCUT2D eigenvalue weighted by atomic mass is 10.0. The SMILES string of the molecule is COc1cc2c(Cc3ccc(N(C)S(=O)O)cc3)nn(C)c(=O)c2cc1OC. The van der Waals surface area contributed by atoms with Crippen molar-refractivity contribution in [3.8, 4) is 11.5 Å². The molecule has 0 amide bonds. The van der Waals surface area contributed by atoms with Crippen molar-refractivity contribution in [3.63, 3.8) is 0 Å². The summed E-state index contributed by atoms with van der Waals surface area (Å²) < 4.78 is 33.6. The first-order chi connectivity index (χ1) is 13.3. The summed E-state index contributed by atoms with van der Waals surface area (Å²) >= 11 is -2.08. The topological polar surface area (TPSA) is 93.9 Å². The van der Waals surface area contributed by atoms with Gasteiger partial charge in [0, 0.05) is 25.9 Å². The molecule has 0 saturated heterocycles. The van der Waals surface area contributed by atoms with Crippen LogP contribution in [0.25, 0.3) is 10.8 Å². The van der Waals surface area contributed by atoms with Gasteiger partial charge in [-0.05, 0) is 29.8 Å². The van der Waals surface area contributed by atoms with Crippen LogP contribution in [0.1, 0.15) is 11.3 Å². The molecule has 3 aromatic rings. The highest BCUT2D eigenvalue weighted by molar-refractivity contribution is 7.80. The van der Waals surface area contributed by atoms with Gasteiger partial charge >= 0.3 is 0 Å². The Bertz CT molecular complexity index is 1100. The maximum Gasteiger partial charge on any atom is 0.274 e. The molecule has 1 heterocycles. The van der Waals surface area contributed by atoms with Gasteiger partial charge in [-0.3, -0.25) is 13.7 Å². The van der Waals surface area contributed by atoms with Crippen molar-refractivity contribution in [1.82, 2.24) is 9.78 Å². The second kappa shape index (κ2) is 7.99. The summed E-state index contributed by atoms with van der Waals surface area (Å²) in [4.78, 5) is 12.5. The molecule has 0 bridgehead atoms. The molecule has 28 heavy (non-hydrogen) atoms. The number of methoxy groups -OCH3 is 2. The fraction of sp³-hybridized carbons (Fsp3) is 0.263. The zero-order valence-electron chi connectivity index (χ0n) is 16.0. The molecule has 2 aromatic carbocycles. The van der Waals surface area contributed by atoms with Crippen LogP contribution in [0, 0.1) is 0 Å². The lowest BCUT2D eigenvalue weighted by Crippen LogP contribution is -2.22. The lowest BCUT2D eigenvalue weighted by molar-refractivity contribution is 0.355. The smallest absolute Gasteiger partial charge is 0.274 e. The first-order valence-corrected chi connectivity index (χ1v) is 9.47. The summed E-state index contributed by atoms with van der Waals surface area (Å²) in [6, 6.07) is 10.7. The van der Waals surface area contributed by atoms with E-state index in [1.807, 2.05) is 12.1 Å². The number of hydrogen-bond acceptors (Lipinski definition) is 5. The van der Waals surface area contributed by atoms with Gasteiger partial charge in [0.1, 0.15) is 0 Å². The Morgan fingerprint density at radius 2 is 1.68 bits per heavy atom. The largest absolute Gasteiger partial charge is 0.493 e. The summed E-state index contributed by atoms with van der Waals surface area (Å²) in [5.41, 5.74) is 2.06. The van der Waals surface area contributed by atoms with Gasteiger partial charge in [-0.2, -0.15) is 5.10 Å². The van der Waals surface area contributed by atoms with Crippen LogP contribution in [0.3, 0.4) is 0 Å². The molecule has 0 aliphatic carbocycles. The molecule has 0 spiro atoms. The predicted molar refractivity (Wildman–Crippen MR) is 109 cm³/mol. The van der Waals surface area contributed by atoms with Gasteiger partial charge in [0.25, 0.3) is 16.8 Å². The van der Waals surface area contributed by atoms with E-state index in [9.17, 15) is 13.6 Å². The number of aryl methyl sites for hydroxylation is 1. The molecule has 1 atom stereocenters. The van der Waals surface area contributed by atoms with E-state index in [2.05, 4.69) is 5.10 Å². The Morgan fingerprint density at radius 1 is 1.11 bits per heavy atom. The molecule has 1 unspecified atom stereocenters. The number of fused-ring (bicyclic) bond motifs is 1. The van der Waals surface area contributed by atoms with E-state index in [1.165, 1.54) is 30.3 Å². The summed E-state index contributed by atoms with van der Waals surface area (Å²) in [5, 5.41) is 5.61. The van der Waals surface area contributed by atoms with Crippen molar-refractivity contribution >= 4 is 27.7 Å². The average molecular weight is 403 g/mol. The first-order valence-electron chi connectivity index (χ1n) is 8.41. The predicted octanol–water partition coefficient (Wildman–Crippen LogP) is 2.11. The minimum atomic E-state index is -2.08. The van der Waals surface area contributed by atoms with Crippen molar-refractivity contribution in [2.75, 3.05) is 25.6 Å². The molecule has 9 heteroatoms. The van der Waals surface area contributed by atoms with Gasteiger partial charge in [-0.1, -0.05) is 12.1 Å². The number of aromatic nitrogens is 2. The van der Waals surface area contributed by atoms with E-state index in [0.29, 0.717) is 40.1 Å². The van der Waals surface area contributed by atoms with Crippen molar-refractivity contribution in [2.45, 2.75) is 6.42 Å². The maximum absolute atomic E-state index is 12.5. The number of benzene rings is 2. The van der Waals surface area contributed by atoms with Gasteiger partial charge < -0.3 is 9.47 Å². The highest BCUT2D eigenvalue weighted by Gasteiger charge is 2.15. The Hall–Kier alpha value is -2.91. The summed E-state index contributed by atoms with van der Waals surface area (Å²) in [5.74, 6) is 1.00. The van der Waals surface area contributed by atoms with Crippen LogP contribution in [-0.2, 0) is 24.7 Å². The summed E-state index contributed by atoms with van der Waals surface area (Å²) in [7, 11) is 6.20. The van der Waals surface area contributed by atoms with E-state index < -0.39 is 11.3 Å². The molecule has 8 nitrogen and oxygen atoms in total. The van der Waals surface area contributed by atoms with Gasteiger partial charge in [0.05, 0.1) is 31.0 Å². The van der Waals surface area contributed by atoms with Gasteiger partial charge in [-0.25, -0.2) is 8.89 Å². The molecular formula is C19H21N3O5S. The zero-order valence-corrected chi connectivity index (χ0v) is 16.8. The minimum Gasteiger partial charge on any atom is -0.493 e. The van der Waals surface area contributed by atoms with E-state index in [1.54, 1.807) is 31.3 Å². The van der Waals surface area contributed by atoms with Crippen LogP contribution in [0.5, 0.6) is 11.5 Å². The summed E-state index contributed by atoms with van der Waals surface area (Å²) in [6.45, 7) is 0. The standard InChI is InChI=1S/C19H21N3O5S/c1-21-19(23)15-11-18(27-4)17(26-3)10-14(15)16(20-21)9-12-5-7-13(8-6-12)22(2)28(24)25/h5-8,10-11H,9H2,1-4H3,(H,24,25). The number of rotatable bonds is 6.